The van der Waals surface area contributed by atoms with Gasteiger partial charge in [0.15, 0.2) is 8.32 Å². The van der Waals surface area contributed by atoms with E-state index in [0.29, 0.717) is 25.2 Å². The minimum absolute atomic E-state index is 0.158. The molecule has 0 spiro atoms. The van der Waals surface area contributed by atoms with Crippen LogP contribution in [0.25, 0.3) is 5.69 Å². The van der Waals surface area contributed by atoms with Gasteiger partial charge in [0.25, 0.3) is 0 Å². The minimum Gasteiger partial charge on any atom is -0.462 e. The fraction of sp³-hybridized carbons (Fsp3) is 0.565. The first kappa shape index (κ1) is 23.4. The zero-order chi connectivity index (χ0) is 21.9. The fourth-order valence-corrected chi connectivity index (χ4v) is 4.00. The molecule has 0 amide bonds. The van der Waals surface area contributed by atoms with Gasteiger partial charge in [-0.25, -0.2) is 9.48 Å². The van der Waals surface area contributed by atoms with Gasteiger partial charge in [0.2, 0.25) is 0 Å². The molecule has 0 radical (unpaired) electrons. The maximum absolute atomic E-state index is 12.5. The normalized spacial score (nSPS) is 12.8. The quantitative estimate of drug-likeness (QED) is 0.413. The highest BCUT2D eigenvalue weighted by Crippen LogP contribution is 2.38. The van der Waals surface area contributed by atoms with Crippen molar-refractivity contribution in [2.45, 2.75) is 66.1 Å². The van der Waals surface area contributed by atoms with Crippen molar-refractivity contribution in [3.8, 4) is 5.69 Å². The molecule has 0 saturated carbocycles. The molecular weight excluding hydrogens is 380 g/mol. The second-order valence-corrected chi connectivity index (χ2v) is 14.7. The van der Waals surface area contributed by atoms with Crippen molar-refractivity contribution in [2.75, 3.05) is 13.2 Å². The van der Waals surface area contributed by atoms with Gasteiger partial charge in [-0.05, 0) is 49.0 Å². The SMILES string of the molecule is CCOC(=O)c1cnn(-c2ccccc2)c1CC(C)(C)CO[Si](C)(C)C(C)(C)C. The Morgan fingerprint density at radius 1 is 1.10 bits per heavy atom. The lowest BCUT2D eigenvalue weighted by molar-refractivity contribution is 0.0523. The van der Waals surface area contributed by atoms with E-state index in [1.165, 1.54) is 0 Å². The summed E-state index contributed by atoms with van der Waals surface area (Å²) >= 11 is 0. The summed E-state index contributed by atoms with van der Waals surface area (Å²) in [6.07, 6.45) is 2.27. The van der Waals surface area contributed by atoms with Crippen LogP contribution in [0.2, 0.25) is 18.1 Å². The van der Waals surface area contributed by atoms with Crippen molar-refractivity contribution < 1.29 is 14.0 Å². The summed E-state index contributed by atoms with van der Waals surface area (Å²) in [6, 6.07) is 9.89. The molecule has 0 bridgehead atoms. The summed E-state index contributed by atoms with van der Waals surface area (Å²) < 4.78 is 13.6. The predicted molar refractivity (Wildman–Crippen MR) is 120 cm³/mol. The molecule has 2 rings (SSSR count). The van der Waals surface area contributed by atoms with E-state index in [0.717, 1.165) is 11.4 Å². The smallest absolute Gasteiger partial charge is 0.341 e. The van der Waals surface area contributed by atoms with Gasteiger partial charge in [-0.2, -0.15) is 5.10 Å². The summed E-state index contributed by atoms with van der Waals surface area (Å²) in [7, 11) is -1.86. The first-order valence-electron chi connectivity index (χ1n) is 10.3. The van der Waals surface area contributed by atoms with Gasteiger partial charge in [-0.3, -0.25) is 0 Å². The Hall–Kier alpha value is -1.92. The van der Waals surface area contributed by atoms with Crippen molar-refractivity contribution >= 4 is 14.3 Å². The number of aromatic nitrogens is 2. The Morgan fingerprint density at radius 2 is 1.72 bits per heavy atom. The third-order valence-corrected chi connectivity index (χ3v) is 10.1. The Bertz CT molecular complexity index is 820. The summed E-state index contributed by atoms with van der Waals surface area (Å²) in [5, 5.41) is 4.66. The molecule has 160 valence electrons. The number of hydrogen-bond acceptors (Lipinski definition) is 4. The van der Waals surface area contributed by atoms with E-state index in [1.54, 1.807) is 6.20 Å². The van der Waals surface area contributed by atoms with E-state index in [9.17, 15) is 4.79 Å². The molecule has 0 unspecified atom stereocenters. The number of hydrogen-bond donors (Lipinski definition) is 0. The van der Waals surface area contributed by atoms with Crippen LogP contribution in [-0.4, -0.2) is 37.3 Å². The van der Waals surface area contributed by atoms with Gasteiger partial charge in [0, 0.05) is 6.61 Å². The Morgan fingerprint density at radius 3 is 2.28 bits per heavy atom. The molecule has 0 N–H and O–H groups in total. The Balaban J connectivity index is 2.33. The minimum atomic E-state index is -1.86. The van der Waals surface area contributed by atoms with Crippen LogP contribution in [0.1, 0.15) is 57.6 Å². The molecule has 0 aliphatic heterocycles. The van der Waals surface area contributed by atoms with E-state index >= 15 is 0 Å². The highest BCUT2D eigenvalue weighted by atomic mass is 28.4. The van der Waals surface area contributed by atoms with Crippen molar-refractivity contribution in [1.29, 1.82) is 0 Å². The van der Waals surface area contributed by atoms with Crippen LogP contribution >= 0.6 is 0 Å². The predicted octanol–water partition coefficient (Wildman–Crippen LogP) is 5.64. The van der Waals surface area contributed by atoms with Crippen LogP contribution in [0.15, 0.2) is 36.5 Å². The van der Waals surface area contributed by atoms with Crippen molar-refractivity contribution in [3.05, 3.63) is 47.8 Å². The van der Waals surface area contributed by atoms with E-state index < -0.39 is 8.32 Å². The summed E-state index contributed by atoms with van der Waals surface area (Å²) in [5.74, 6) is -0.328. The number of carbonyl (C=O) groups excluding carboxylic acids is 1. The molecule has 0 saturated heterocycles. The average Bonchev–Trinajstić information content (AvgIpc) is 3.03. The lowest BCUT2D eigenvalue weighted by Gasteiger charge is -2.39. The van der Waals surface area contributed by atoms with Crippen molar-refractivity contribution in [3.63, 3.8) is 0 Å². The molecular formula is C23H36N2O3Si. The largest absolute Gasteiger partial charge is 0.462 e. The highest BCUT2D eigenvalue weighted by Gasteiger charge is 2.39. The molecule has 1 aromatic carbocycles. The van der Waals surface area contributed by atoms with Crippen molar-refractivity contribution in [2.24, 2.45) is 5.41 Å². The van der Waals surface area contributed by atoms with Gasteiger partial charge in [0.05, 0.1) is 24.2 Å². The summed E-state index contributed by atoms with van der Waals surface area (Å²) in [6.45, 7) is 18.4. The van der Waals surface area contributed by atoms with Crippen molar-refractivity contribution in [1.82, 2.24) is 9.78 Å². The summed E-state index contributed by atoms with van der Waals surface area (Å²) in [5.41, 5.74) is 2.15. The number of nitrogens with zero attached hydrogens (tertiary/aromatic N) is 2. The topological polar surface area (TPSA) is 53.3 Å². The maximum atomic E-state index is 12.5. The number of benzene rings is 1. The molecule has 0 aliphatic rings. The zero-order valence-electron chi connectivity index (χ0n) is 19.2. The molecule has 6 heteroatoms. The van der Waals surface area contributed by atoms with E-state index in [-0.39, 0.29) is 16.4 Å². The van der Waals surface area contributed by atoms with E-state index in [2.05, 4.69) is 52.8 Å². The molecule has 1 aromatic heterocycles. The van der Waals surface area contributed by atoms with Gasteiger partial charge >= 0.3 is 5.97 Å². The van der Waals surface area contributed by atoms with E-state index in [4.69, 9.17) is 9.16 Å². The van der Waals surface area contributed by atoms with Gasteiger partial charge in [-0.15, -0.1) is 0 Å². The van der Waals surface area contributed by atoms with Gasteiger partial charge in [-0.1, -0.05) is 52.8 Å². The van der Waals surface area contributed by atoms with Gasteiger partial charge in [0.1, 0.15) is 5.56 Å². The number of ether oxygens (including phenoxy) is 1. The van der Waals surface area contributed by atoms with Crippen LogP contribution in [-0.2, 0) is 15.6 Å². The Labute approximate surface area is 176 Å². The van der Waals surface area contributed by atoms with Crippen LogP contribution in [0.5, 0.6) is 0 Å². The number of esters is 1. The molecule has 0 aliphatic carbocycles. The lowest BCUT2D eigenvalue weighted by Crippen LogP contribution is -2.43. The third kappa shape index (κ3) is 5.79. The number of carbonyl (C=O) groups is 1. The van der Waals surface area contributed by atoms with Crippen LogP contribution < -0.4 is 0 Å². The fourth-order valence-electron chi connectivity index (χ4n) is 2.81. The van der Waals surface area contributed by atoms with Gasteiger partial charge < -0.3 is 9.16 Å². The molecule has 0 atom stereocenters. The molecule has 1 heterocycles. The zero-order valence-corrected chi connectivity index (χ0v) is 20.2. The lowest BCUT2D eigenvalue weighted by atomic mass is 9.87. The monoisotopic (exact) mass is 416 g/mol. The van der Waals surface area contributed by atoms with E-state index in [1.807, 2.05) is 41.9 Å². The first-order valence-corrected chi connectivity index (χ1v) is 13.2. The Kier molecular flexibility index (Phi) is 7.12. The number of para-hydroxylation sites is 1. The molecule has 0 fully saturated rings. The third-order valence-electron chi connectivity index (χ3n) is 5.64. The van der Waals surface area contributed by atoms with Crippen LogP contribution in [0.3, 0.4) is 0 Å². The second-order valence-electron chi connectivity index (χ2n) is 9.86. The van der Waals surface area contributed by atoms with Crippen LogP contribution in [0.4, 0.5) is 0 Å². The standard InChI is InChI=1S/C23H36N2O3Si/c1-9-27-21(26)19-16-24-25(18-13-11-10-12-14-18)20(19)15-23(5,6)17-28-29(7,8)22(2,3)4/h10-14,16H,9,15,17H2,1-8H3. The molecule has 5 nitrogen and oxygen atoms in total. The molecule has 2 aromatic rings. The highest BCUT2D eigenvalue weighted by molar-refractivity contribution is 6.74. The average molecular weight is 417 g/mol. The summed E-state index contributed by atoms with van der Waals surface area (Å²) in [4.78, 5) is 12.5. The second kappa shape index (κ2) is 8.84. The molecule has 29 heavy (non-hydrogen) atoms. The number of rotatable bonds is 8. The first-order chi connectivity index (χ1) is 13.4. The van der Waals surface area contributed by atoms with Crippen LogP contribution in [0, 0.1) is 5.41 Å². The maximum Gasteiger partial charge on any atom is 0.341 e.